The van der Waals surface area contributed by atoms with E-state index in [2.05, 4.69) is 0 Å². The fourth-order valence-electron chi connectivity index (χ4n) is 5.48. The summed E-state index contributed by atoms with van der Waals surface area (Å²) in [6, 6.07) is 0. The number of carbonyl (C=O) groups is 5. The van der Waals surface area contributed by atoms with Crippen LogP contribution in [0.1, 0.15) is 58.3 Å². The summed E-state index contributed by atoms with van der Waals surface area (Å²) < 4.78 is 14.8. The summed E-state index contributed by atoms with van der Waals surface area (Å²) in [4.78, 5) is 62.6. The SMILES string of the molecule is CCCCCC[C@@H](O)[C@@H]1C2=C(C[C@H]([C@H](O)[C@@H]3CC=CC(=O)O3)CC3=C(C(=O)OC3=O)[C@@H]1O)C(=O)OC2=O. The molecule has 11 nitrogen and oxygen atoms in total. The zero-order valence-electron chi connectivity index (χ0n) is 20.4. The van der Waals surface area contributed by atoms with Crippen molar-refractivity contribution in [2.45, 2.75) is 82.7 Å². The fraction of sp³-hybridized carbons (Fsp3) is 0.577. The molecule has 1 aliphatic carbocycles. The lowest BCUT2D eigenvalue weighted by Gasteiger charge is -2.30. The fourth-order valence-corrected chi connectivity index (χ4v) is 5.48. The summed E-state index contributed by atoms with van der Waals surface area (Å²) in [5, 5.41) is 33.6. The number of unbranched alkanes of at least 4 members (excludes halogenated alkanes) is 3. The summed E-state index contributed by atoms with van der Waals surface area (Å²) in [5.74, 6) is -7.33. The van der Waals surface area contributed by atoms with Crippen molar-refractivity contribution in [2.75, 3.05) is 0 Å². The minimum Gasteiger partial charge on any atom is -0.456 e. The molecule has 0 aromatic heterocycles. The molecule has 3 N–H and O–H groups in total. The Labute approximate surface area is 212 Å². The topological polar surface area (TPSA) is 174 Å². The van der Waals surface area contributed by atoms with Crippen molar-refractivity contribution in [3.8, 4) is 0 Å². The van der Waals surface area contributed by atoms with Gasteiger partial charge in [0.05, 0.1) is 35.0 Å². The zero-order chi connectivity index (χ0) is 26.9. The molecule has 11 heteroatoms. The van der Waals surface area contributed by atoms with E-state index >= 15 is 0 Å². The molecule has 0 aromatic rings. The van der Waals surface area contributed by atoms with E-state index in [0.29, 0.717) is 6.42 Å². The van der Waals surface area contributed by atoms with Gasteiger partial charge in [0.1, 0.15) is 6.10 Å². The van der Waals surface area contributed by atoms with Crippen LogP contribution in [0.4, 0.5) is 0 Å². The van der Waals surface area contributed by atoms with Gasteiger partial charge in [-0.25, -0.2) is 24.0 Å². The minimum absolute atomic E-state index is 0.155. The van der Waals surface area contributed by atoms with Crippen LogP contribution in [0.15, 0.2) is 34.4 Å². The quantitative estimate of drug-likeness (QED) is 0.179. The van der Waals surface area contributed by atoms with Crippen LogP contribution in [0.25, 0.3) is 0 Å². The molecule has 0 aromatic carbocycles. The van der Waals surface area contributed by atoms with Gasteiger partial charge in [0.2, 0.25) is 0 Å². The summed E-state index contributed by atoms with van der Waals surface area (Å²) in [6.45, 7) is 2.02. The lowest BCUT2D eigenvalue weighted by Crippen LogP contribution is -2.39. The van der Waals surface area contributed by atoms with Crippen molar-refractivity contribution in [2.24, 2.45) is 11.8 Å². The van der Waals surface area contributed by atoms with Crippen molar-refractivity contribution in [3.63, 3.8) is 0 Å². The maximum Gasteiger partial charge on any atom is 0.345 e. The highest BCUT2D eigenvalue weighted by molar-refractivity contribution is 6.15. The number of hydrogen-bond acceptors (Lipinski definition) is 11. The molecule has 0 fully saturated rings. The number of hydrogen-bond donors (Lipinski definition) is 3. The van der Waals surface area contributed by atoms with Gasteiger partial charge in [0, 0.05) is 24.0 Å². The molecule has 0 radical (unpaired) electrons. The second-order valence-electron chi connectivity index (χ2n) is 9.80. The third-order valence-electron chi connectivity index (χ3n) is 7.38. The Morgan fingerprint density at radius 1 is 0.892 bits per heavy atom. The third-order valence-corrected chi connectivity index (χ3v) is 7.38. The Hall–Kier alpha value is -3.15. The normalized spacial score (nSPS) is 29.7. The zero-order valence-corrected chi connectivity index (χ0v) is 20.4. The summed E-state index contributed by atoms with van der Waals surface area (Å²) in [6.07, 6.45) is 0.0132. The number of aliphatic hydroxyl groups is 3. The predicted octanol–water partition coefficient (Wildman–Crippen LogP) is 0.697. The van der Waals surface area contributed by atoms with Gasteiger partial charge in [-0.2, -0.15) is 0 Å². The highest BCUT2D eigenvalue weighted by atomic mass is 16.6. The summed E-state index contributed by atoms with van der Waals surface area (Å²) in [5.41, 5.74) is -1.10. The van der Waals surface area contributed by atoms with Gasteiger partial charge in [0.15, 0.2) is 0 Å². The van der Waals surface area contributed by atoms with Crippen LogP contribution < -0.4 is 0 Å². The van der Waals surface area contributed by atoms with E-state index in [4.69, 9.17) is 14.2 Å². The highest BCUT2D eigenvalue weighted by Gasteiger charge is 2.51. The monoisotopic (exact) mass is 518 g/mol. The molecule has 0 unspecified atom stereocenters. The second kappa shape index (κ2) is 11.1. The van der Waals surface area contributed by atoms with Crippen molar-refractivity contribution >= 4 is 29.8 Å². The van der Waals surface area contributed by atoms with Crippen LogP contribution in [0, 0.1) is 11.8 Å². The lowest BCUT2D eigenvalue weighted by atomic mass is 9.80. The van der Waals surface area contributed by atoms with Gasteiger partial charge in [-0.15, -0.1) is 0 Å². The average molecular weight is 519 g/mol. The molecule has 0 saturated carbocycles. The molecular weight excluding hydrogens is 488 g/mol. The average Bonchev–Trinajstić information content (AvgIpc) is 3.30. The number of ether oxygens (including phenoxy) is 3. The van der Waals surface area contributed by atoms with Crippen molar-refractivity contribution in [3.05, 3.63) is 34.4 Å². The van der Waals surface area contributed by atoms with E-state index < -0.39 is 71.7 Å². The number of aliphatic hydroxyl groups excluding tert-OH is 3. The Morgan fingerprint density at radius 3 is 2.14 bits per heavy atom. The maximum absolute atomic E-state index is 12.8. The van der Waals surface area contributed by atoms with Crippen molar-refractivity contribution in [1.82, 2.24) is 0 Å². The van der Waals surface area contributed by atoms with Gasteiger partial charge >= 0.3 is 29.8 Å². The number of carbonyl (C=O) groups excluding carboxylic acids is 5. The van der Waals surface area contributed by atoms with Crippen LogP contribution >= 0.6 is 0 Å². The van der Waals surface area contributed by atoms with Crippen molar-refractivity contribution in [1.29, 1.82) is 0 Å². The molecule has 4 aliphatic rings. The van der Waals surface area contributed by atoms with Gasteiger partial charge in [-0.1, -0.05) is 38.7 Å². The largest absolute Gasteiger partial charge is 0.456 e. The first-order chi connectivity index (χ1) is 17.6. The number of esters is 5. The number of cyclic esters (lactones) is 5. The van der Waals surface area contributed by atoms with Crippen LogP contribution in [0.3, 0.4) is 0 Å². The van der Waals surface area contributed by atoms with Gasteiger partial charge in [0.25, 0.3) is 0 Å². The Morgan fingerprint density at radius 2 is 1.51 bits per heavy atom. The van der Waals surface area contributed by atoms with E-state index in [9.17, 15) is 39.3 Å². The first-order valence-electron chi connectivity index (χ1n) is 12.5. The Balaban J connectivity index is 1.78. The van der Waals surface area contributed by atoms with Crippen LogP contribution in [-0.2, 0) is 38.2 Å². The smallest absolute Gasteiger partial charge is 0.345 e. The Bertz CT molecular complexity index is 1100. The van der Waals surface area contributed by atoms with Crippen LogP contribution in [0.2, 0.25) is 0 Å². The molecule has 3 aliphatic heterocycles. The standard InChI is InChI=1S/C26H30O11/c1-2-3-4-5-7-15(27)20-18-13(23(31)36-25(18)33)10-12(21(29)16-8-6-9-17(28)35-16)11-14-19(22(20)30)26(34)37-24(14)32/h6,9,12,15-16,20-22,27,29-30H,2-5,7-8,10-11H2,1H3/t12-,15+,16-,20+,21-,22-/m0/s1. The van der Waals surface area contributed by atoms with Gasteiger partial charge < -0.3 is 29.5 Å². The first-order valence-corrected chi connectivity index (χ1v) is 12.5. The molecule has 0 amide bonds. The van der Waals surface area contributed by atoms with E-state index in [-0.39, 0.29) is 42.4 Å². The molecule has 6 atom stereocenters. The Kier molecular flexibility index (Phi) is 8.05. The lowest BCUT2D eigenvalue weighted by molar-refractivity contribution is -0.154. The molecule has 200 valence electrons. The second-order valence-corrected chi connectivity index (χ2v) is 9.80. The van der Waals surface area contributed by atoms with E-state index in [1.807, 2.05) is 6.92 Å². The maximum atomic E-state index is 12.8. The molecule has 4 rings (SSSR count). The van der Waals surface area contributed by atoms with E-state index in [0.717, 1.165) is 19.3 Å². The minimum atomic E-state index is -1.84. The first kappa shape index (κ1) is 26.9. The van der Waals surface area contributed by atoms with Gasteiger partial charge in [-0.05, 0) is 25.2 Å². The van der Waals surface area contributed by atoms with Gasteiger partial charge in [-0.3, -0.25) is 0 Å². The molecule has 3 heterocycles. The predicted molar refractivity (Wildman–Crippen MR) is 123 cm³/mol. The van der Waals surface area contributed by atoms with Crippen LogP contribution in [-0.4, -0.2) is 69.6 Å². The summed E-state index contributed by atoms with van der Waals surface area (Å²) >= 11 is 0. The van der Waals surface area contributed by atoms with E-state index in [1.165, 1.54) is 12.2 Å². The molecule has 37 heavy (non-hydrogen) atoms. The molecule has 0 saturated heterocycles. The highest BCUT2D eigenvalue weighted by Crippen LogP contribution is 2.43. The third kappa shape index (κ3) is 5.29. The number of rotatable bonds is 8. The van der Waals surface area contributed by atoms with Crippen molar-refractivity contribution < 1.29 is 53.5 Å². The molecule has 0 bridgehead atoms. The molecule has 0 spiro atoms. The van der Waals surface area contributed by atoms with Crippen LogP contribution in [0.5, 0.6) is 0 Å². The van der Waals surface area contributed by atoms with E-state index in [1.54, 1.807) is 0 Å². The summed E-state index contributed by atoms with van der Waals surface area (Å²) in [7, 11) is 0. The molecular formula is C26H30O11.